The Balaban J connectivity index is 1.10. The summed E-state index contributed by atoms with van der Waals surface area (Å²) in [5, 5.41) is 6.70. The van der Waals surface area contributed by atoms with Crippen LogP contribution in [-0.2, 0) is 12.8 Å². The number of hydrogen-bond donors (Lipinski definition) is 3. The smallest absolute Gasteiger partial charge is 0.233 e. The highest BCUT2D eigenvalue weighted by molar-refractivity contribution is 5.68. The maximum absolute atomic E-state index is 6.10. The Morgan fingerprint density at radius 2 is 1.49 bits per heavy atom. The van der Waals surface area contributed by atoms with Crippen LogP contribution in [-0.4, -0.2) is 41.1 Å². The van der Waals surface area contributed by atoms with Crippen molar-refractivity contribution in [1.82, 2.24) is 15.0 Å². The molecule has 4 atom stereocenters. The fraction of sp³-hybridized carbons (Fsp3) is 0.258. The molecule has 0 saturated carbocycles. The number of nitrogens with two attached hydrogens (primary N) is 1. The number of rotatable bonds is 4. The fourth-order valence-corrected chi connectivity index (χ4v) is 6.38. The topological polar surface area (TPSA) is 95.2 Å². The largest absolute Gasteiger partial charge is 0.368 e. The predicted octanol–water partition coefficient (Wildman–Crippen LogP) is 4.84. The second-order valence-corrected chi connectivity index (χ2v) is 10.8. The van der Waals surface area contributed by atoms with E-state index >= 15 is 0 Å². The molecule has 0 saturated heterocycles. The standard InChI is InChI=1S/C31H32N8/c1-38-25-9-5-3-7-19(25)15-21-11-13-23(17-27(21)38)33-30-35-29(32)36-31(37-30)34-24-14-12-22-16-20-8-4-6-10-26(20)39(2)28(22)18-24/h3-14,17-19,22,25,28H,15-16H2,1-2H3,(H4,32,33,34,35,36,37). The molecule has 0 fully saturated rings. The van der Waals surface area contributed by atoms with E-state index in [4.69, 9.17) is 5.73 Å². The Labute approximate surface area is 228 Å². The number of nitrogens with zero attached hydrogens (tertiary/aromatic N) is 5. The third-order valence-corrected chi connectivity index (χ3v) is 8.34. The fourth-order valence-electron chi connectivity index (χ4n) is 6.38. The number of benzene rings is 2. The minimum absolute atomic E-state index is 0.161. The molecule has 196 valence electrons. The summed E-state index contributed by atoms with van der Waals surface area (Å²) in [4.78, 5) is 18.0. The lowest BCUT2D eigenvalue weighted by Crippen LogP contribution is -2.42. The average Bonchev–Trinajstić information content (AvgIpc) is 2.94. The zero-order valence-corrected chi connectivity index (χ0v) is 22.1. The van der Waals surface area contributed by atoms with Crippen molar-refractivity contribution in [2.45, 2.75) is 24.9 Å². The molecule has 2 aliphatic heterocycles. The Hall–Kier alpha value is -4.59. The van der Waals surface area contributed by atoms with E-state index in [1.54, 1.807) is 0 Å². The van der Waals surface area contributed by atoms with Gasteiger partial charge < -0.3 is 26.2 Å². The molecule has 3 heterocycles. The maximum Gasteiger partial charge on any atom is 0.233 e. The van der Waals surface area contributed by atoms with Gasteiger partial charge in [0.15, 0.2) is 0 Å². The predicted molar refractivity (Wildman–Crippen MR) is 158 cm³/mol. The van der Waals surface area contributed by atoms with Crippen LogP contribution in [0.5, 0.6) is 0 Å². The summed E-state index contributed by atoms with van der Waals surface area (Å²) >= 11 is 0. The molecule has 8 heteroatoms. The molecule has 4 aliphatic rings. The van der Waals surface area contributed by atoms with E-state index in [0.717, 1.165) is 24.2 Å². The number of allylic oxidation sites excluding steroid dienone is 3. The van der Waals surface area contributed by atoms with Crippen molar-refractivity contribution < 1.29 is 0 Å². The van der Waals surface area contributed by atoms with Gasteiger partial charge in [-0.2, -0.15) is 15.0 Å². The third kappa shape index (κ3) is 4.31. The highest BCUT2D eigenvalue weighted by atomic mass is 15.3. The number of likely N-dealkylation sites (N-methyl/N-ethyl adjacent to an activating group) is 2. The lowest BCUT2D eigenvalue weighted by atomic mass is 9.83. The van der Waals surface area contributed by atoms with Crippen LogP contribution < -0.4 is 26.2 Å². The molecule has 4 unspecified atom stereocenters. The number of nitrogens with one attached hydrogen (secondary N) is 2. The third-order valence-electron chi connectivity index (χ3n) is 8.34. The van der Waals surface area contributed by atoms with Crippen LogP contribution in [0.15, 0.2) is 90.7 Å². The lowest BCUT2D eigenvalue weighted by Gasteiger charge is -2.40. The molecule has 2 aromatic carbocycles. The van der Waals surface area contributed by atoms with Gasteiger partial charge in [-0.25, -0.2) is 0 Å². The molecule has 7 rings (SSSR count). The van der Waals surface area contributed by atoms with Crippen molar-refractivity contribution >= 4 is 34.9 Å². The highest BCUT2D eigenvalue weighted by Crippen LogP contribution is 2.38. The van der Waals surface area contributed by atoms with Crippen LogP contribution in [0.3, 0.4) is 0 Å². The molecular weight excluding hydrogens is 484 g/mol. The summed E-state index contributed by atoms with van der Waals surface area (Å²) in [7, 11) is 4.31. The SMILES string of the molecule is CN1c2ccccc2CC2C=CC(Nc3nc(N)nc(Nc4ccc5c(c4)N(C)C4C=CC=CC4C5)n3)=CC21. The van der Waals surface area contributed by atoms with E-state index < -0.39 is 0 Å². The average molecular weight is 517 g/mol. The van der Waals surface area contributed by atoms with Crippen molar-refractivity contribution in [2.75, 3.05) is 40.3 Å². The van der Waals surface area contributed by atoms with Crippen molar-refractivity contribution in [3.8, 4) is 0 Å². The van der Waals surface area contributed by atoms with Crippen LogP contribution in [0, 0.1) is 11.8 Å². The molecule has 0 bridgehead atoms. The summed E-state index contributed by atoms with van der Waals surface area (Å²) in [5.74, 6) is 1.91. The summed E-state index contributed by atoms with van der Waals surface area (Å²) in [5.41, 5.74) is 13.2. The first-order valence-electron chi connectivity index (χ1n) is 13.5. The molecule has 4 N–H and O–H groups in total. The minimum atomic E-state index is 0.161. The Kier molecular flexibility index (Phi) is 5.61. The molecule has 3 aromatic rings. The Morgan fingerprint density at radius 3 is 2.36 bits per heavy atom. The number of aromatic nitrogens is 3. The zero-order chi connectivity index (χ0) is 26.5. The first-order valence-corrected chi connectivity index (χ1v) is 13.5. The summed E-state index contributed by atoms with van der Waals surface area (Å²) in [6.45, 7) is 0. The van der Waals surface area contributed by atoms with E-state index in [2.05, 4.69) is 134 Å². The van der Waals surface area contributed by atoms with Crippen molar-refractivity contribution in [3.05, 3.63) is 102 Å². The Morgan fingerprint density at radius 1 is 0.769 bits per heavy atom. The summed E-state index contributed by atoms with van der Waals surface area (Å²) in [6, 6.07) is 15.7. The lowest BCUT2D eigenvalue weighted by molar-refractivity contribution is 0.517. The summed E-state index contributed by atoms with van der Waals surface area (Å²) in [6.07, 6.45) is 17.6. The maximum atomic E-state index is 6.10. The van der Waals surface area contributed by atoms with Crippen LogP contribution in [0.4, 0.5) is 34.9 Å². The number of para-hydroxylation sites is 1. The van der Waals surface area contributed by atoms with Gasteiger partial charge in [-0.1, -0.05) is 54.6 Å². The van der Waals surface area contributed by atoms with Crippen molar-refractivity contribution in [2.24, 2.45) is 11.8 Å². The van der Waals surface area contributed by atoms with Crippen LogP contribution >= 0.6 is 0 Å². The first-order chi connectivity index (χ1) is 19.0. The van der Waals surface area contributed by atoms with Crippen LogP contribution in [0.2, 0.25) is 0 Å². The molecule has 8 nitrogen and oxygen atoms in total. The van der Waals surface area contributed by atoms with Crippen molar-refractivity contribution in [1.29, 1.82) is 0 Å². The van der Waals surface area contributed by atoms with E-state index in [0.29, 0.717) is 29.8 Å². The quantitative estimate of drug-likeness (QED) is 0.453. The Bertz CT molecular complexity index is 1550. The number of anilines is 6. The van der Waals surface area contributed by atoms with E-state index in [1.807, 2.05) is 0 Å². The van der Waals surface area contributed by atoms with Crippen molar-refractivity contribution in [3.63, 3.8) is 0 Å². The molecule has 0 amide bonds. The van der Waals surface area contributed by atoms with E-state index in [-0.39, 0.29) is 12.0 Å². The van der Waals surface area contributed by atoms with Crippen LogP contribution in [0.25, 0.3) is 0 Å². The van der Waals surface area contributed by atoms with Gasteiger partial charge in [0.25, 0.3) is 0 Å². The summed E-state index contributed by atoms with van der Waals surface area (Å²) < 4.78 is 0. The number of hydrogen-bond acceptors (Lipinski definition) is 8. The second-order valence-electron chi connectivity index (χ2n) is 10.8. The monoisotopic (exact) mass is 516 g/mol. The molecule has 1 aromatic heterocycles. The van der Waals surface area contributed by atoms with E-state index in [9.17, 15) is 0 Å². The van der Waals surface area contributed by atoms with Gasteiger partial charge in [0.05, 0.1) is 12.1 Å². The molecule has 0 radical (unpaired) electrons. The minimum Gasteiger partial charge on any atom is -0.368 e. The normalized spacial score (nSPS) is 24.3. The van der Waals surface area contributed by atoms with Crippen LogP contribution in [0.1, 0.15) is 11.1 Å². The number of fused-ring (bicyclic) bond motifs is 4. The second kappa shape index (κ2) is 9.31. The van der Waals surface area contributed by atoms with Gasteiger partial charge in [-0.15, -0.1) is 0 Å². The van der Waals surface area contributed by atoms with Gasteiger partial charge in [0, 0.05) is 48.7 Å². The van der Waals surface area contributed by atoms with Gasteiger partial charge in [-0.05, 0) is 54.3 Å². The van der Waals surface area contributed by atoms with Gasteiger partial charge in [0.1, 0.15) is 0 Å². The molecule has 0 spiro atoms. The highest BCUT2D eigenvalue weighted by Gasteiger charge is 2.32. The van der Waals surface area contributed by atoms with Gasteiger partial charge in [0.2, 0.25) is 17.8 Å². The molecule has 39 heavy (non-hydrogen) atoms. The van der Waals surface area contributed by atoms with Gasteiger partial charge >= 0.3 is 0 Å². The zero-order valence-electron chi connectivity index (χ0n) is 22.1. The van der Waals surface area contributed by atoms with E-state index in [1.165, 1.54) is 22.5 Å². The molecular formula is C31H32N8. The first kappa shape index (κ1) is 23.5. The van der Waals surface area contributed by atoms with Gasteiger partial charge in [-0.3, -0.25) is 0 Å². The molecule has 2 aliphatic carbocycles. The number of nitrogen functional groups attached to an aromatic ring is 1.